The molecular formula is C16H17N3O3. The van der Waals surface area contributed by atoms with E-state index in [1.165, 1.54) is 12.5 Å². The number of nitrogens with zero attached hydrogens (tertiary/aromatic N) is 2. The van der Waals surface area contributed by atoms with Gasteiger partial charge in [-0.2, -0.15) is 0 Å². The fraction of sp³-hybridized carbons (Fsp3) is 0.250. The number of hydrogen-bond acceptors (Lipinski definition) is 4. The molecule has 2 aromatic rings. The monoisotopic (exact) mass is 299 g/mol. The van der Waals surface area contributed by atoms with E-state index in [1.807, 2.05) is 12.1 Å². The van der Waals surface area contributed by atoms with Crippen molar-refractivity contribution >= 4 is 17.6 Å². The van der Waals surface area contributed by atoms with E-state index in [2.05, 4.69) is 15.3 Å². The van der Waals surface area contributed by atoms with E-state index < -0.39 is 11.9 Å². The number of carbonyl (C=O) groups excluding carboxylic acids is 1. The second kappa shape index (κ2) is 6.80. The van der Waals surface area contributed by atoms with Crippen molar-refractivity contribution in [1.82, 2.24) is 9.97 Å². The molecular weight excluding hydrogens is 282 g/mol. The van der Waals surface area contributed by atoms with Crippen molar-refractivity contribution in [1.29, 1.82) is 0 Å². The predicted octanol–water partition coefficient (Wildman–Crippen LogP) is 2.30. The molecule has 1 amide bonds. The van der Waals surface area contributed by atoms with Crippen molar-refractivity contribution in [3.05, 3.63) is 53.6 Å². The summed E-state index contributed by atoms with van der Waals surface area (Å²) >= 11 is 0. The fourth-order valence-corrected chi connectivity index (χ4v) is 1.98. The summed E-state index contributed by atoms with van der Waals surface area (Å²) in [6, 6.07) is 7.12. The van der Waals surface area contributed by atoms with Gasteiger partial charge in [0.2, 0.25) is 0 Å². The summed E-state index contributed by atoms with van der Waals surface area (Å²) in [5.74, 6) is -1.54. The van der Waals surface area contributed by atoms with E-state index in [4.69, 9.17) is 5.11 Å². The van der Waals surface area contributed by atoms with Crippen LogP contribution in [0.1, 0.15) is 28.5 Å². The van der Waals surface area contributed by atoms with Crippen LogP contribution in [0.2, 0.25) is 0 Å². The quantitative estimate of drug-likeness (QED) is 0.883. The predicted molar refractivity (Wildman–Crippen MR) is 81.7 cm³/mol. The highest BCUT2D eigenvalue weighted by Crippen LogP contribution is 2.15. The third-order valence-electron chi connectivity index (χ3n) is 3.33. The van der Waals surface area contributed by atoms with Crippen LogP contribution in [0.25, 0.3) is 0 Å². The summed E-state index contributed by atoms with van der Waals surface area (Å²) in [6.45, 7) is 3.41. The first-order chi connectivity index (χ1) is 10.5. The number of carbonyl (C=O) groups is 2. The van der Waals surface area contributed by atoms with Crippen molar-refractivity contribution in [2.45, 2.75) is 20.3 Å². The summed E-state index contributed by atoms with van der Waals surface area (Å²) in [4.78, 5) is 30.8. The molecule has 0 aliphatic rings. The highest BCUT2D eigenvalue weighted by Gasteiger charge is 2.12. The number of hydrogen-bond donors (Lipinski definition) is 2. The standard InChI is InChI=1S/C16H17N3O3/c1-10(16(21)22)7-12-3-5-13(6-4-12)19-15(20)14-8-17-9-18-11(14)2/h3-6,8-10H,7H2,1-2H3,(H,19,20)(H,21,22). The number of aryl methyl sites for hydroxylation is 1. The number of rotatable bonds is 5. The average molecular weight is 299 g/mol. The molecule has 6 nitrogen and oxygen atoms in total. The van der Waals surface area contributed by atoms with Crippen molar-refractivity contribution in [3.8, 4) is 0 Å². The second-order valence-corrected chi connectivity index (χ2v) is 5.12. The Balaban J connectivity index is 2.04. The minimum absolute atomic E-state index is 0.273. The lowest BCUT2D eigenvalue weighted by Crippen LogP contribution is -2.15. The summed E-state index contributed by atoms with van der Waals surface area (Å²) in [5, 5.41) is 11.7. The maximum absolute atomic E-state index is 12.1. The molecule has 22 heavy (non-hydrogen) atoms. The lowest BCUT2D eigenvalue weighted by Gasteiger charge is -2.09. The molecule has 1 aromatic carbocycles. The molecule has 0 saturated heterocycles. The molecule has 1 atom stereocenters. The maximum atomic E-state index is 12.1. The molecule has 1 unspecified atom stereocenters. The second-order valence-electron chi connectivity index (χ2n) is 5.12. The van der Waals surface area contributed by atoms with Gasteiger partial charge in [-0.25, -0.2) is 9.97 Å². The number of nitrogens with one attached hydrogen (secondary N) is 1. The van der Waals surface area contributed by atoms with Gasteiger partial charge in [-0.3, -0.25) is 9.59 Å². The number of aromatic nitrogens is 2. The molecule has 0 bridgehead atoms. The Hall–Kier alpha value is -2.76. The SMILES string of the molecule is Cc1ncncc1C(=O)Nc1ccc(CC(C)C(=O)O)cc1. The summed E-state index contributed by atoms with van der Waals surface area (Å²) in [7, 11) is 0. The van der Waals surface area contributed by atoms with E-state index in [0.29, 0.717) is 23.4 Å². The molecule has 114 valence electrons. The third kappa shape index (κ3) is 3.88. The molecule has 2 rings (SSSR count). The van der Waals surface area contributed by atoms with E-state index in [9.17, 15) is 9.59 Å². The summed E-state index contributed by atoms with van der Waals surface area (Å²) < 4.78 is 0. The van der Waals surface area contributed by atoms with Crippen LogP contribution < -0.4 is 5.32 Å². The van der Waals surface area contributed by atoms with Gasteiger partial charge in [0.15, 0.2) is 0 Å². The largest absolute Gasteiger partial charge is 0.481 e. The van der Waals surface area contributed by atoms with E-state index in [-0.39, 0.29) is 5.91 Å². The van der Waals surface area contributed by atoms with Crippen LogP contribution in [0.5, 0.6) is 0 Å². The number of carboxylic acids is 1. The zero-order chi connectivity index (χ0) is 16.1. The first-order valence-corrected chi connectivity index (χ1v) is 6.87. The van der Waals surface area contributed by atoms with Crippen LogP contribution in [0.4, 0.5) is 5.69 Å². The zero-order valence-electron chi connectivity index (χ0n) is 12.4. The summed E-state index contributed by atoms with van der Waals surface area (Å²) in [5.41, 5.74) is 2.58. The van der Waals surface area contributed by atoms with Gasteiger partial charge < -0.3 is 10.4 Å². The van der Waals surface area contributed by atoms with Gasteiger partial charge in [0.05, 0.1) is 17.2 Å². The Labute approximate surface area is 128 Å². The zero-order valence-corrected chi connectivity index (χ0v) is 12.4. The molecule has 1 heterocycles. The molecule has 2 N–H and O–H groups in total. The minimum atomic E-state index is -0.822. The number of carboxylic acid groups (broad SMARTS) is 1. The van der Waals surface area contributed by atoms with E-state index >= 15 is 0 Å². The van der Waals surface area contributed by atoms with Crippen molar-refractivity contribution in [2.75, 3.05) is 5.32 Å². The van der Waals surface area contributed by atoms with Gasteiger partial charge in [-0.05, 0) is 31.0 Å². The molecule has 0 aliphatic carbocycles. The maximum Gasteiger partial charge on any atom is 0.306 e. The Bertz CT molecular complexity index is 683. The first-order valence-electron chi connectivity index (χ1n) is 6.87. The number of anilines is 1. The Morgan fingerprint density at radius 1 is 1.27 bits per heavy atom. The topological polar surface area (TPSA) is 92.2 Å². The Morgan fingerprint density at radius 2 is 1.95 bits per heavy atom. The van der Waals surface area contributed by atoms with Gasteiger partial charge in [-0.1, -0.05) is 19.1 Å². The van der Waals surface area contributed by atoms with Crippen molar-refractivity contribution in [3.63, 3.8) is 0 Å². The average Bonchev–Trinajstić information content (AvgIpc) is 2.49. The lowest BCUT2D eigenvalue weighted by molar-refractivity contribution is -0.141. The van der Waals surface area contributed by atoms with Gasteiger partial charge >= 0.3 is 5.97 Å². The van der Waals surface area contributed by atoms with Crippen molar-refractivity contribution < 1.29 is 14.7 Å². The van der Waals surface area contributed by atoms with Crippen LogP contribution in [-0.4, -0.2) is 27.0 Å². The lowest BCUT2D eigenvalue weighted by atomic mass is 10.0. The van der Waals surface area contributed by atoms with Crippen LogP contribution in [-0.2, 0) is 11.2 Å². The highest BCUT2D eigenvalue weighted by molar-refractivity contribution is 6.04. The number of amides is 1. The van der Waals surface area contributed by atoms with Crippen LogP contribution in [0, 0.1) is 12.8 Å². The molecule has 1 aromatic heterocycles. The number of benzene rings is 1. The van der Waals surface area contributed by atoms with Gasteiger partial charge in [0.25, 0.3) is 5.91 Å². The van der Waals surface area contributed by atoms with Crippen molar-refractivity contribution in [2.24, 2.45) is 5.92 Å². The van der Waals surface area contributed by atoms with Crippen LogP contribution >= 0.6 is 0 Å². The van der Waals surface area contributed by atoms with Gasteiger partial charge in [0, 0.05) is 11.9 Å². The fourth-order valence-electron chi connectivity index (χ4n) is 1.98. The molecule has 0 fully saturated rings. The Kier molecular flexibility index (Phi) is 4.83. The molecule has 0 aliphatic heterocycles. The molecule has 0 saturated carbocycles. The molecule has 0 spiro atoms. The smallest absolute Gasteiger partial charge is 0.306 e. The minimum Gasteiger partial charge on any atom is -0.481 e. The Morgan fingerprint density at radius 3 is 2.55 bits per heavy atom. The van der Waals surface area contributed by atoms with E-state index in [0.717, 1.165) is 5.56 Å². The molecule has 0 radical (unpaired) electrons. The van der Waals surface area contributed by atoms with Gasteiger partial charge in [-0.15, -0.1) is 0 Å². The van der Waals surface area contributed by atoms with Crippen LogP contribution in [0.3, 0.4) is 0 Å². The summed E-state index contributed by atoms with van der Waals surface area (Å²) in [6.07, 6.45) is 3.32. The van der Waals surface area contributed by atoms with Crippen LogP contribution in [0.15, 0.2) is 36.8 Å². The highest BCUT2D eigenvalue weighted by atomic mass is 16.4. The third-order valence-corrected chi connectivity index (χ3v) is 3.33. The van der Waals surface area contributed by atoms with Gasteiger partial charge in [0.1, 0.15) is 6.33 Å². The molecule has 6 heteroatoms. The first kappa shape index (κ1) is 15.6. The van der Waals surface area contributed by atoms with E-state index in [1.54, 1.807) is 26.0 Å². The number of aliphatic carboxylic acids is 1. The normalized spacial score (nSPS) is 11.7.